The molecule has 162 valence electrons. The molecule has 0 aromatic heterocycles. The molecule has 3 rings (SSSR count). The van der Waals surface area contributed by atoms with Gasteiger partial charge in [0.25, 0.3) is 0 Å². The van der Waals surface area contributed by atoms with Crippen LogP contribution in [0.3, 0.4) is 0 Å². The summed E-state index contributed by atoms with van der Waals surface area (Å²) < 4.78 is 27.7. The van der Waals surface area contributed by atoms with Gasteiger partial charge in [-0.15, -0.1) is 0 Å². The predicted molar refractivity (Wildman–Crippen MR) is 116 cm³/mol. The quantitative estimate of drug-likeness (QED) is 0.715. The third-order valence-electron chi connectivity index (χ3n) is 5.93. The molecule has 1 unspecified atom stereocenters. The molecule has 8 heteroatoms. The van der Waals surface area contributed by atoms with Gasteiger partial charge >= 0.3 is 6.03 Å². The average Bonchev–Trinajstić information content (AvgIpc) is 2.69. The van der Waals surface area contributed by atoms with Crippen LogP contribution in [0, 0.1) is 0 Å². The maximum Gasteiger partial charge on any atom is 0.315 e. The fourth-order valence-corrected chi connectivity index (χ4v) is 6.10. The lowest BCUT2D eigenvalue weighted by Gasteiger charge is -2.35. The number of hydrogen-bond acceptors (Lipinski definition) is 3. The number of piperidine rings is 1. The van der Waals surface area contributed by atoms with Gasteiger partial charge in [0.1, 0.15) is 0 Å². The predicted octanol–water partition coefficient (Wildman–Crippen LogP) is 4.30. The summed E-state index contributed by atoms with van der Waals surface area (Å²) in [5.74, 6) is 0. The molecule has 1 atom stereocenters. The first-order valence-electron chi connectivity index (χ1n) is 10.8. The summed E-state index contributed by atoms with van der Waals surface area (Å²) in [6, 6.07) is 6.06. The molecule has 0 spiro atoms. The summed E-state index contributed by atoms with van der Waals surface area (Å²) in [6.45, 7) is 0.799. The second-order valence-electron chi connectivity index (χ2n) is 8.12. The third-order valence-corrected chi connectivity index (χ3v) is 8.15. The van der Waals surface area contributed by atoms with Gasteiger partial charge in [-0.2, -0.15) is 4.31 Å². The number of halogens is 1. The Morgan fingerprint density at radius 2 is 1.59 bits per heavy atom. The van der Waals surface area contributed by atoms with E-state index < -0.39 is 10.0 Å². The van der Waals surface area contributed by atoms with Crippen LogP contribution < -0.4 is 10.6 Å². The second kappa shape index (κ2) is 10.6. The molecule has 6 nitrogen and oxygen atoms in total. The van der Waals surface area contributed by atoms with E-state index in [-0.39, 0.29) is 23.0 Å². The van der Waals surface area contributed by atoms with Crippen molar-refractivity contribution in [1.82, 2.24) is 14.9 Å². The van der Waals surface area contributed by atoms with Crippen molar-refractivity contribution in [2.75, 3.05) is 13.1 Å². The van der Waals surface area contributed by atoms with Gasteiger partial charge in [0.05, 0.1) is 4.90 Å². The van der Waals surface area contributed by atoms with Gasteiger partial charge in [0, 0.05) is 30.2 Å². The highest BCUT2D eigenvalue weighted by Crippen LogP contribution is 2.26. The molecule has 1 saturated carbocycles. The standard InChI is InChI=1S/C21H32ClN3O3S/c22-17-11-13-20(14-12-17)29(27,28)25-15-7-6-10-19(25)16-23-21(26)24-18-8-4-2-1-3-5-9-18/h11-14,18-19H,1-10,15-16H2,(H2,23,24,26). The average molecular weight is 442 g/mol. The summed E-state index contributed by atoms with van der Waals surface area (Å²) in [4.78, 5) is 12.7. The van der Waals surface area contributed by atoms with E-state index in [9.17, 15) is 13.2 Å². The third kappa shape index (κ3) is 6.33. The Hall–Kier alpha value is -1.31. The van der Waals surface area contributed by atoms with Gasteiger partial charge in [-0.25, -0.2) is 13.2 Å². The summed E-state index contributed by atoms with van der Waals surface area (Å²) in [6.07, 6.45) is 10.7. The molecule has 2 aliphatic rings. The van der Waals surface area contributed by atoms with E-state index in [1.165, 1.54) is 35.7 Å². The molecular weight excluding hydrogens is 410 g/mol. The number of nitrogens with zero attached hydrogens (tertiary/aromatic N) is 1. The van der Waals surface area contributed by atoms with Crippen molar-refractivity contribution in [3.63, 3.8) is 0 Å². The van der Waals surface area contributed by atoms with Crippen molar-refractivity contribution in [2.45, 2.75) is 81.2 Å². The summed E-state index contributed by atoms with van der Waals surface area (Å²) in [7, 11) is -3.61. The Morgan fingerprint density at radius 1 is 0.966 bits per heavy atom. The Balaban J connectivity index is 1.58. The number of nitrogens with one attached hydrogen (secondary N) is 2. The lowest BCUT2D eigenvalue weighted by atomic mass is 9.97. The first kappa shape index (κ1) is 22.4. The minimum atomic E-state index is -3.61. The van der Waals surface area contributed by atoms with Gasteiger partial charge in [0.2, 0.25) is 10.0 Å². The van der Waals surface area contributed by atoms with Crippen molar-refractivity contribution >= 4 is 27.7 Å². The second-order valence-corrected chi connectivity index (χ2v) is 10.4. The lowest BCUT2D eigenvalue weighted by molar-refractivity contribution is 0.219. The van der Waals surface area contributed by atoms with Gasteiger partial charge in [-0.05, 0) is 49.9 Å². The Labute approximate surface area is 179 Å². The zero-order valence-electron chi connectivity index (χ0n) is 16.9. The van der Waals surface area contributed by atoms with Crippen LogP contribution in [0.2, 0.25) is 5.02 Å². The van der Waals surface area contributed by atoms with Gasteiger partial charge in [-0.3, -0.25) is 0 Å². The van der Waals surface area contributed by atoms with Crippen molar-refractivity contribution in [2.24, 2.45) is 0 Å². The molecule has 1 heterocycles. The number of amides is 2. The maximum absolute atomic E-state index is 13.1. The normalized spacial score (nSPS) is 22.4. The topological polar surface area (TPSA) is 78.5 Å². The van der Waals surface area contributed by atoms with Crippen LogP contribution in [0.25, 0.3) is 0 Å². The first-order valence-corrected chi connectivity index (χ1v) is 12.6. The van der Waals surface area contributed by atoms with Gasteiger partial charge < -0.3 is 10.6 Å². The van der Waals surface area contributed by atoms with Gasteiger partial charge in [0.15, 0.2) is 0 Å². The van der Waals surface area contributed by atoms with Crippen molar-refractivity contribution < 1.29 is 13.2 Å². The van der Waals surface area contributed by atoms with Crippen LogP contribution in [0.4, 0.5) is 4.79 Å². The van der Waals surface area contributed by atoms with E-state index in [1.807, 2.05) is 0 Å². The highest BCUT2D eigenvalue weighted by molar-refractivity contribution is 7.89. The van der Waals surface area contributed by atoms with Crippen LogP contribution in [0.5, 0.6) is 0 Å². The fourth-order valence-electron chi connectivity index (χ4n) is 4.28. The van der Waals surface area contributed by atoms with E-state index in [4.69, 9.17) is 11.6 Å². The van der Waals surface area contributed by atoms with Crippen molar-refractivity contribution in [1.29, 1.82) is 0 Å². The van der Waals surface area contributed by atoms with Crippen molar-refractivity contribution in [3.8, 4) is 0 Å². The molecule has 1 aromatic rings. The number of urea groups is 1. The number of sulfonamides is 1. The molecule has 1 aliphatic heterocycles. The monoisotopic (exact) mass is 441 g/mol. The van der Waals surface area contributed by atoms with E-state index in [1.54, 1.807) is 12.1 Å². The van der Waals surface area contributed by atoms with E-state index in [0.29, 0.717) is 18.1 Å². The highest BCUT2D eigenvalue weighted by Gasteiger charge is 2.33. The summed E-state index contributed by atoms with van der Waals surface area (Å²) in [5.41, 5.74) is 0. The van der Waals surface area contributed by atoms with E-state index >= 15 is 0 Å². The van der Waals surface area contributed by atoms with Crippen LogP contribution in [-0.4, -0.2) is 43.9 Å². The van der Waals surface area contributed by atoms with Crippen LogP contribution in [0.15, 0.2) is 29.2 Å². The molecule has 1 aromatic carbocycles. The van der Waals surface area contributed by atoms with Crippen molar-refractivity contribution in [3.05, 3.63) is 29.3 Å². The maximum atomic E-state index is 13.1. The molecule has 0 bridgehead atoms. The molecule has 1 aliphatic carbocycles. The molecule has 2 N–H and O–H groups in total. The largest absolute Gasteiger partial charge is 0.337 e. The van der Waals surface area contributed by atoms with E-state index in [0.717, 1.165) is 44.9 Å². The Bertz CT molecular complexity index is 762. The SMILES string of the molecule is O=C(NCC1CCCCN1S(=O)(=O)c1ccc(Cl)cc1)NC1CCCCCCC1. The molecule has 1 saturated heterocycles. The summed E-state index contributed by atoms with van der Waals surface area (Å²) >= 11 is 5.90. The minimum absolute atomic E-state index is 0.190. The highest BCUT2D eigenvalue weighted by atomic mass is 35.5. The fraction of sp³-hybridized carbons (Fsp3) is 0.667. The first-order chi connectivity index (χ1) is 14.0. The number of hydrogen-bond donors (Lipinski definition) is 2. The number of carbonyl (C=O) groups excluding carboxylic acids is 1. The smallest absolute Gasteiger partial charge is 0.315 e. The molecular formula is C21H32ClN3O3S. The number of benzene rings is 1. The van der Waals surface area contributed by atoms with Gasteiger partial charge in [-0.1, -0.05) is 50.1 Å². The summed E-state index contributed by atoms with van der Waals surface area (Å²) in [5, 5.41) is 6.51. The number of carbonyl (C=O) groups is 1. The minimum Gasteiger partial charge on any atom is -0.337 e. The zero-order chi connectivity index (χ0) is 20.7. The van der Waals surface area contributed by atoms with Crippen LogP contribution in [0.1, 0.15) is 64.2 Å². The molecule has 2 fully saturated rings. The Morgan fingerprint density at radius 3 is 2.28 bits per heavy atom. The molecule has 0 radical (unpaired) electrons. The number of rotatable bonds is 5. The molecule has 2 amide bonds. The van der Waals surface area contributed by atoms with E-state index in [2.05, 4.69) is 10.6 Å². The molecule has 29 heavy (non-hydrogen) atoms. The van der Waals surface area contributed by atoms with Crippen LogP contribution >= 0.6 is 11.6 Å². The Kier molecular flexibility index (Phi) is 8.21. The lowest BCUT2D eigenvalue weighted by Crippen LogP contribution is -2.51. The van der Waals surface area contributed by atoms with Crippen LogP contribution in [-0.2, 0) is 10.0 Å². The zero-order valence-corrected chi connectivity index (χ0v) is 18.5.